The van der Waals surface area contributed by atoms with Crippen molar-refractivity contribution in [3.05, 3.63) is 95.3 Å². The van der Waals surface area contributed by atoms with Gasteiger partial charge in [-0.2, -0.15) is 5.26 Å². The number of benzene rings is 3. The van der Waals surface area contributed by atoms with Crippen molar-refractivity contribution in [1.29, 1.82) is 5.26 Å². The zero-order valence-electron chi connectivity index (χ0n) is 14.1. The maximum absolute atomic E-state index is 13.2. The molecule has 0 unspecified atom stereocenters. The summed E-state index contributed by atoms with van der Waals surface area (Å²) < 4.78 is 13.2. The van der Waals surface area contributed by atoms with Gasteiger partial charge in [0, 0.05) is 22.5 Å². The number of nitrogens with one attached hydrogen (secondary N) is 2. The van der Waals surface area contributed by atoms with Crippen molar-refractivity contribution in [3.8, 4) is 6.07 Å². The Morgan fingerprint density at radius 2 is 1.37 bits per heavy atom. The Hall–Kier alpha value is -3.98. The van der Waals surface area contributed by atoms with Crippen molar-refractivity contribution in [2.45, 2.75) is 0 Å². The lowest BCUT2D eigenvalue weighted by Gasteiger charge is -2.08. The van der Waals surface area contributed by atoms with Crippen LogP contribution in [0.2, 0.25) is 0 Å². The van der Waals surface area contributed by atoms with Crippen molar-refractivity contribution in [2.24, 2.45) is 0 Å². The van der Waals surface area contributed by atoms with Gasteiger partial charge < -0.3 is 10.6 Å². The predicted octanol–water partition coefficient (Wildman–Crippen LogP) is 4.20. The molecule has 0 spiro atoms. The minimum Gasteiger partial charge on any atom is -0.322 e. The number of hydrogen-bond donors (Lipinski definition) is 2. The molecule has 2 amide bonds. The average molecular weight is 359 g/mol. The fraction of sp³-hybridized carbons (Fsp3) is 0. The molecule has 0 heterocycles. The largest absolute Gasteiger partial charge is 0.322 e. The SMILES string of the molecule is N#Cc1ccc(NC(=O)c2cccc(C(=O)Nc3cccc(F)c3)c2)cc1. The van der Waals surface area contributed by atoms with Crippen LogP contribution in [0.25, 0.3) is 0 Å². The zero-order chi connectivity index (χ0) is 19.2. The summed E-state index contributed by atoms with van der Waals surface area (Å²) in [4.78, 5) is 24.7. The molecule has 2 N–H and O–H groups in total. The van der Waals surface area contributed by atoms with E-state index in [0.717, 1.165) is 0 Å². The Balaban J connectivity index is 1.73. The Morgan fingerprint density at radius 1 is 0.778 bits per heavy atom. The lowest BCUT2D eigenvalue weighted by molar-refractivity contribution is 0.102. The van der Waals surface area contributed by atoms with E-state index in [9.17, 15) is 14.0 Å². The molecular weight excluding hydrogens is 345 g/mol. The van der Waals surface area contributed by atoms with E-state index in [0.29, 0.717) is 22.5 Å². The predicted molar refractivity (Wildman–Crippen MR) is 99.9 cm³/mol. The molecule has 0 aromatic heterocycles. The Labute approximate surface area is 155 Å². The second-order valence-corrected chi connectivity index (χ2v) is 5.69. The Bertz CT molecular complexity index is 1040. The van der Waals surface area contributed by atoms with Crippen molar-refractivity contribution in [2.75, 3.05) is 10.6 Å². The first-order valence-corrected chi connectivity index (χ1v) is 8.03. The molecule has 5 nitrogen and oxygen atoms in total. The molecule has 27 heavy (non-hydrogen) atoms. The molecule has 3 aromatic rings. The molecule has 6 heteroatoms. The van der Waals surface area contributed by atoms with E-state index in [1.807, 2.05) is 6.07 Å². The number of anilines is 2. The van der Waals surface area contributed by atoms with Crippen molar-refractivity contribution in [3.63, 3.8) is 0 Å². The van der Waals surface area contributed by atoms with Gasteiger partial charge in [-0.3, -0.25) is 9.59 Å². The minimum atomic E-state index is -0.455. The molecule has 132 valence electrons. The molecule has 0 fully saturated rings. The maximum atomic E-state index is 13.2. The van der Waals surface area contributed by atoms with Gasteiger partial charge in [-0.05, 0) is 60.7 Å². The number of hydrogen-bond acceptors (Lipinski definition) is 3. The van der Waals surface area contributed by atoms with E-state index < -0.39 is 11.7 Å². The van der Waals surface area contributed by atoms with Crippen LogP contribution >= 0.6 is 0 Å². The fourth-order valence-corrected chi connectivity index (χ4v) is 2.40. The maximum Gasteiger partial charge on any atom is 0.255 e. The van der Waals surface area contributed by atoms with Gasteiger partial charge >= 0.3 is 0 Å². The standard InChI is InChI=1S/C21H14FN3O2/c22-17-5-2-6-19(12-17)25-21(27)16-4-1-3-15(11-16)20(26)24-18-9-7-14(13-23)8-10-18/h1-12H,(H,24,26)(H,25,27). The number of rotatable bonds is 4. The molecule has 3 aromatic carbocycles. The Kier molecular flexibility index (Phi) is 5.24. The minimum absolute atomic E-state index is 0.270. The van der Waals surface area contributed by atoms with Gasteiger partial charge in [0.1, 0.15) is 5.82 Å². The number of amides is 2. The normalized spacial score (nSPS) is 9.93. The van der Waals surface area contributed by atoms with Crippen molar-refractivity contribution >= 4 is 23.2 Å². The highest BCUT2D eigenvalue weighted by Crippen LogP contribution is 2.14. The second-order valence-electron chi connectivity index (χ2n) is 5.69. The third kappa shape index (κ3) is 4.55. The summed E-state index contributed by atoms with van der Waals surface area (Å²) in [6.45, 7) is 0. The van der Waals surface area contributed by atoms with Crippen LogP contribution in [0.3, 0.4) is 0 Å². The van der Waals surface area contributed by atoms with Gasteiger partial charge in [0.2, 0.25) is 0 Å². The molecule has 0 saturated carbocycles. The molecule has 0 aliphatic carbocycles. The van der Waals surface area contributed by atoms with Crippen LogP contribution in [-0.4, -0.2) is 11.8 Å². The van der Waals surface area contributed by atoms with Crippen LogP contribution in [0.15, 0.2) is 72.8 Å². The summed E-state index contributed by atoms with van der Waals surface area (Å²) >= 11 is 0. The molecule has 0 saturated heterocycles. The third-order valence-electron chi connectivity index (χ3n) is 3.74. The average Bonchev–Trinajstić information content (AvgIpc) is 2.68. The van der Waals surface area contributed by atoms with Crippen LogP contribution in [0.4, 0.5) is 15.8 Å². The van der Waals surface area contributed by atoms with E-state index in [1.54, 1.807) is 48.5 Å². The summed E-state index contributed by atoms with van der Waals surface area (Å²) in [5.74, 6) is -1.29. The van der Waals surface area contributed by atoms with Crippen LogP contribution < -0.4 is 10.6 Å². The van der Waals surface area contributed by atoms with Gasteiger partial charge in [-0.15, -0.1) is 0 Å². The van der Waals surface area contributed by atoms with Gasteiger partial charge in [-0.25, -0.2) is 4.39 Å². The number of carbonyl (C=O) groups is 2. The topological polar surface area (TPSA) is 82.0 Å². The van der Waals surface area contributed by atoms with Crippen molar-refractivity contribution < 1.29 is 14.0 Å². The highest BCUT2D eigenvalue weighted by Gasteiger charge is 2.11. The third-order valence-corrected chi connectivity index (χ3v) is 3.74. The monoisotopic (exact) mass is 359 g/mol. The number of halogens is 1. The number of nitrogens with zero attached hydrogens (tertiary/aromatic N) is 1. The van der Waals surface area contributed by atoms with Crippen LogP contribution in [-0.2, 0) is 0 Å². The fourth-order valence-electron chi connectivity index (χ4n) is 2.40. The molecule has 0 aliphatic heterocycles. The highest BCUT2D eigenvalue weighted by atomic mass is 19.1. The number of nitriles is 1. The molecule has 0 atom stereocenters. The molecule has 0 bridgehead atoms. The van der Waals surface area contributed by atoms with Gasteiger partial charge in [0.25, 0.3) is 11.8 Å². The first kappa shape index (κ1) is 17.8. The van der Waals surface area contributed by atoms with Gasteiger partial charge in [0.05, 0.1) is 11.6 Å². The smallest absolute Gasteiger partial charge is 0.255 e. The lowest BCUT2D eigenvalue weighted by Crippen LogP contribution is -2.15. The van der Waals surface area contributed by atoms with E-state index in [-0.39, 0.29) is 11.5 Å². The van der Waals surface area contributed by atoms with Crippen LogP contribution in [0.5, 0.6) is 0 Å². The first-order valence-electron chi connectivity index (χ1n) is 8.03. The number of carbonyl (C=O) groups excluding carboxylic acids is 2. The molecular formula is C21H14FN3O2. The van der Waals surface area contributed by atoms with E-state index in [4.69, 9.17) is 5.26 Å². The zero-order valence-corrected chi connectivity index (χ0v) is 14.1. The molecule has 3 rings (SSSR count). The quantitative estimate of drug-likeness (QED) is 0.732. The van der Waals surface area contributed by atoms with Gasteiger partial charge in [0.15, 0.2) is 0 Å². The summed E-state index contributed by atoms with van der Waals surface area (Å²) in [7, 11) is 0. The Morgan fingerprint density at radius 3 is 1.96 bits per heavy atom. The van der Waals surface area contributed by atoms with Crippen molar-refractivity contribution in [1.82, 2.24) is 0 Å². The summed E-state index contributed by atoms with van der Waals surface area (Å²) in [6.07, 6.45) is 0. The summed E-state index contributed by atoms with van der Waals surface area (Å²) in [5.41, 5.74) is 1.92. The summed E-state index contributed by atoms with van der Waals surface area (Å²) in [6, 6.07) is 20.2. The van der Waals surface area contributed by atoms with E-state index in [1.165, 1.54) is 24.3 Å². The molecule has 0 radical (unpaired) electrons. The van der Waals surface area contributed by atoms with E-state index >= 15 is 0 Å². The molecule has 0 aliphatic rings. The highest BCUT2D eigenvalue weighted by molar-refractivity contribution is 6.08. The first-order chi connectivity index (χ1) is 13.0. The van der Waals surface area contributed by atoms with E-state index in [2.05, 4.69) is 10.6 Å². The van der Waals surface area contributed by atoms with Crippen LogP contribution in [0, 0.1) is 17.1 Å². The lowest BCUT2D eigenvalue weighted by atomic mass is 10.1. The van der Waals surface area contributed by atoms with Crippen LogP contribution in [0.1, 0.15) is 26.3 Å². The second kappa shape index (κ2) is 7.93. The van der Waals surface area contributed by atoms with Gasteiger partial charge in [-0.1, -0.05) is 12.1 Å². The summed E-state index contributed by atoms with van der Waals surface area (Å²) in [5, 5.41) is 14.1.